The third-order valence-electron chi connectivity index (χ3n) is 3.79. The zero-order chi connectivity index (χ0) is 19.8. The van der Waals surface area contributed by atoms with Crippen LogP contribution in [0, 0.1) is 10.1 Å². The molecular weight excluding hydrogens is 399 g/mol. The normalized spacial score (nSPS) is 10.9. The quantitative estimate of drug-likeness (QED) is 0.257. The molecule has 0 unspecified atom stereocenters. The van der Waals surface area contributed by atoms with Crippen LogP contribution < -0.4 is 34.9 Å². The number of nitro benzene ring substituents is 1. The van der Waals surface area contributed by atoms with Crippen LogP contribution in [0.4, 0.5) is 11.4 Å². The number of benzene rings is 3. The first-order valence-corrected chi connectivity index (χ1v) is 8.84. The van der Waals surface area contributed by atoms with Crippen LogP contribution in [0.2, 0.25) is 0 Å². The van der Waals surface area contributed by atoms with E-state index >= 15 is 0 Å². The molecule has 0 aliphatic carbocycles. The van der Waals surface area contributed by atoms with Crippen LogP contribution in [0.3, 0.4) is 0 Å². The number of hydrogen-bond acceptors (Lipinski definition) is 7. The van der Waals surface area contributed by atoms with Gasteiger partial charge in [0.25, 0.3) is 11.6 Å². The fraction of sp³-hybridized carbons (Fsp3) is 0. The number of nitrogens with zero attached hydrogens (tertiary/aromatic N) is 1. The van der Waals surface area contributed by atoms with Gasteiger partial charge in [-0.05, 0) is 41.8 Å². The van der Waals surface area contributed by atoms with Crippen molar-refractivity contribution in [2.75, 3.05) is 5.32 Å². The van der Waals surface area contributed by atoms with Crippen LogP contribution in [0.25, 0.3) is 10.8 Å². The van der Waals surface area contributed by atoms with Crippen molar-refractivity contribution >= 4 is 38.2 Å². The maximum Gasteiger partial charge on any atom is 1.00 e. The summed E-state index contributed by atoms with van der Waals surface area (Å²) in [6.07, 6.45) is 0. The minimum Gasteiger partial charge on any atom is -0.744 e. The summed E-state index contributed by atoms with van der Waals surface area (Å²) in [5.41, 5.74) is 0.350. The molecular formula is C17H11N2NaO7S. The van der Waals surface area contributed by atoms with Crippen LogP contribution in [0.15, 0.2) is 59.5 Å². The predicted octanol–water partition coefficient (Wildman–Crippen LogP) is -0.386. The van der Waals surface area contributed by atoms with Gasteiger partial charge in [0.15, 0.2) is 0 Å². The second-order valence-corrected chi connectivity index (χ2v) is 6.97. The number of nitrogens with one attached hydrogen (secondary N) is 1. The molecule has 0 atom stereocenters. The second kappa shape index (κ2) is 8.25. The molecule has 28 heavy (non-hydrogen) atoms. The van der Waals surface area contributed by atoms with E-state index in [2.05, 4.69) is 5.32 Å². The first-order chi connectivity index (χ1) is 12.6. The molecule has 138 valence electrons. The molecule has 1 amide bonds. The number of phenols is 1. The van der Waals surface area contributed by atoms with Crippen molar-refractivity contribution in [2.45, 2.75) is 4.90 Å². The van der Waals surface area contributed by atoms with Gasteiger partial charge < -0.3 is 15.0 Å². The Kier molecular flexibility index (Phi) is 6.42. The van der Waals surface area contributed by atoms with Crippen LogP contribution >= 0.6 is 0 Å². The maximum atomic E-state index is 12.2. The predicted molar refractivity (Wildman–Crippen MR) is 94.6 cm³/mol. The zero-order valence-corrected chi connectivity index (χ0v) is 17.3. The Morgan fingerprint density at radius 3 is 2.25 bits per heavy atom. The molecule has 0 saturated heterocycles. The Hall–Kier alpha value is -2.50. The third-order valence-corrected chi connectivity index (χ3v) is 4.61. The first kappa shape index (κ1) is 21.8. The number of fused-ring (bicyclic) bond motifs is 1. The molecule has 0 fully saturated rings. The number of phenolic OH excluding ortho intramolecular Hbond substituents is 1. The summed E-state index contributed by atoms with van der Waals surface area (Å²) in [6, 6.07) is 11.3. The molecule has 0 bridgehead atoms. The summed E-state index contributed by atoms with van der Waals surface area (Å²) in [5, 5.41) is 23.7. The van der Waals surface area contributed by atoms with E-state index in [-0.39, 0.29) is 46.2 Å². The molecule has 0 saturated carbocycles. The number of carbonyl (C=O) groups is 1. The Labute approximate surface area is 181 Å². The number of nitro groups is 1. The van der Waals surface area contributed by atoms with Crippen molar-refractivity contribution in [3.8, 4) is 5.75 Å². The van der Waals surface area contributed by atoms with Gasteiger partial charge in [0.1, 0.15) is 15.9 Å². The van der Waals surface area contributed by atoms with Gasteiger partial charge in [0.2, 0.25) is 0 Å². The van der Waals surface area contributed by atoms with E-state index in [1.54, 1.807) is 0 Å². The summed E-state index contributed by atoms with van der Waals surface area (Å²) in [7, 11) is -4.72. The molecule has 0 radical (unpaired) electrons. The summed E-state index contributed by atoms with van der Waals surface area (Å²) in [5.74, 6) is -0.948. The van der Waals surface area contributed by atoms with Gasteiger partial charge in [-0.1, -0.05) is 6.07 Å². The Bertz CT molecular complexity index is 1180. The summed E-state index contributed by atoms with van der Waals surface area (Å²) >= 11 is 0. The van der Waals surface area contributed by atoms with Crippen molar-refractivity contribution in [3.05, 3.63) is 70.3 Å². The molecule has 0 spiro atoms. The van der Waals surface area contributed by atoms with E-state index < -0.39 is 31.6 Å². The smallest absolute Gasteiger partial charge is 0.744 e. The van der Waals surface area contributed by atoms with E-state index in [0.29, 0.717) is 11.1 Å². The molecule has 11 heteroatoms. The standard InChI is InChI=1S/C17H12N2O7S.Na/c20-16-9-14(27(24,25)26)7-11-1-4-12(8-15(11)16)18-17(21)10-2-5-13(6-3-10)19(22)23;/h1-9,20H,(H,18,21)(H,24,25,26);/q;+1/p-1. The topological polar surface area (TPSA) is 150 Å². The summed E-state index contributed by atoms with van der Waals surface area (Å²) in [4.78, 5) is 21.7. The van der Waals surface area contributed by atoms with E-state index in [4.69, 9.17) is 0 Å². The van der Waals surface area contributed by atoms with Gasteiger partial charge in [0, 0.05) is 28.8 Å². The Balaban J connectivity index is 0.00000280. The molecule has 0 heterocycles. The number of non-ortho nitro benzene ring substituents is 1. The Morgan fingerprint density at radius 2 is 1.68 bits per heavy atom. The van der Waals surface area contributed by atoms with Gasteiger partial charge in [0.05, 0.1) is 9.82 Å². The van der Waals surface area contributed by atoms with Crippen LogP contribution in [-0.4, -0.2) is 28.9 Å². The summed E-state index contributed by atoms with van der Waals surface area (Å²) in [6.45, 7) is 0. The van der Waals surface area contributed by atoms with Crippen LogP contribution in [-0.2, 0) is 10.1 Å². The zero-order valence-electron chi connectivity index (χ0n) is 14.4. The molecule has 0 aliphatic rings. The molecule has 3 rings (SSSR count). The van der Waals surface area contributed by atoms with Crippen molar-refractivity contribution in [3.63, 3.8) is 0 Å². The van der Waals surface area contributed by atoms with Gasteiger partial charge in [-0.15, -0.1) is 0 Å². The van der Waals surface area contributed by atoms with E-state index in [0.717, 1.165) is 12.1 Å². The van der Waals surface area contributed by atoms with E-state index in [1.165, 1.54) is 42.5 Å². The number of anilines is 1. The van der Waals surface area contributed by atoms with Crippen LogP contribution in [0.5, 0.6) is 5.75 Å². The number of hydrogen-bond donors (Lipinski definition) is 2. The SMILES string of the molecule is O=C(Nc1ccc2cc(S(=O)(=O)[O-])cc(O)c2c1)c1ccc([N+](=O)[O-])cc1.[Na+]. The van der Waals surface area contributed by atoms with Crippen LogP contribution in [0.1, 0.15) is 10.4 Å². The fourth-order valence-corrected chi connectivity index (χ4v) is 3.00. The molecule has 2 N–H and O–H groups in total. The van der Waals surface area contributed by atoms with E-state index in [9.17, 15) is 33.0 Å². The van der Waals surface area contributed by atoms with Crippen molar-refractivity contribution < 1.29 is 57.4 Å². The average molecular weight is 410 g/mol. The molecule has 0 aliphatic heterocycles. The first-order valence-electron chi connectivity index (χ1n) is 7.43. The number of aromatic hydroxyl groups is 1. The molecule has 0 aromatic heterocycles. The largest absolute Gasteiger partial charge is 1.00 e. The second-order valence-electron chi connectivity index (χ2n) is 5.59. The number of rotatable bonds is 4. The molecule has 3 aromatic carbocycles. The van der Waals surface area contributed by atoms with E-state index in [1.807, 2.05) is 0 Å². The number of amides is 1. The van der Waals surface area contributed by atoms with Crippen molar-refractivity contribution in [1.29, 1.82) is 0 Å². The minimum atomic E-state index is -4.72. The average Bonchev–Trinajstić information content (AvgIpc) is 2.61. The van der Waals surface area contributed by atoms with Crippen molar-refractivity contribution in [1.82, 2.24) is 0 Å². The van der Waals surface area contributed by atoms with Crippen molar-refractivity contribution in [2.24, 2.45) is 0 Å². The fourth-order valence-electron chi connectivity index (χ4n) is 2.47. The molecule has 9 nitrogen and oxygen atoms in total. The minimum absolute atomic E-state index is 0. The van der Waals surface area contributed by atoms with Gasteiger partial charge in [-0.2, -0.15) is 0 Å². The van der Waals surface area contributed by atoms with Gasteiger partial charge in [-0.3, -0.25) is 14.9 Å². The van der Waals surface area contributed by atoms with Gasteiger partial charge >= 0.3 is 29.6 Å². The third kappa shape index (κ3) is 4.66. The monoisotopic (exact) mass is 410 g/mol. The Morgan fingerprint density at radius 1 is 1.04 bits per heavy atom. The summed E-state index contributed by atoms with van der Waals surface area (Å²) < 4.78 is 33.3. The molecule has 3 aromatic rings. The maximum absolute atomic E-state index is 12.2. The van der Waals surface area contributed by atoms with Gasteiger partial charge in [-0.25, -0.2) is 8.42 Å². The number of carbonyl (C=O) groups excluding carboxylic acids is 1.